The highest BCUT2D eigenvalue weighted by atomic mass is 35.7. The van der Waals surface area contributed by atoms with Gasteiger partial charge in [0.05, 0.1) is 4.90 Å². The molecule has 0 bridgehead atoms. The Morgan fingerprint density at radius 2 is 1.81 bits per heavy atom. The number of benzene rings is 1. The molecule has 0 aliphatic heterocycles. The maximum absolute atomic E-state index is 12.4. The van der Waals surface area contributed by atoms with Crippen LogP contribution in [0.4, 0.5) is 0 Å². The van der Waals surface area contributed by atoms with Crippen LogP contribution in [0.15, 0.2) is 29.2 Å². The summed E-state index contributed by atoms with van der Waals surface area (Å²) in [6.07, 6.45) is 5.01. The van der Waals surface area contributed by atoms with Gasteiger partial charge in [0.25, 0.3) is 9.05 Å². The number of hydrogen-bond acceptors (Lipinski definition) is 3. The second kappa shape index (κ2) is 6.36. The fourth-order valence-electron chi connectivity index (χ4n) is 2.93. The first-order chi connectivity index (χ1) is 9.87. The lowest BCUT2D eigenvalue weighted by Crippen LogP contribution is -2.38. The van der Waals surface area contributed by atoms with Crippen molar-refractivity contribution in [3.8, 4) is 0 Å². The summed E-state index contributed by atoms with van der Waals surface area (Å²) in [5.74, 6) is 0.108. The molecule has 0 aromatic heterocycles. The van der Waals surface area contributed by atoms with Gasteiger partial charge in [0.15, 0.2) is 0 Å². The minimum Gasteiger partial charge on any atom is -0.352 e. The van der Waals surface area contributed by atoms with Gasteiger partial charge in [0.2, 0.25) is 5.91 Å². The molecule has 1 aliphatic carbocycles. The predicted molar refractivity (Wildman–Crippen MR) is 82.5 cm³/mol. The predicted octanol–water partition coefficient (Wildman–Crippen LogP) is 3.20. The molecule has 1 fully saturated rings. The molecular weight excluding hydrogens is 310 g/mol. The van der Waals surface area contributed by atoms with E-state index in [1.165, 1.54) is 12.1 Å². The van der Waals surface area contributed by atoms with Gasteiger partial charge in [-0.3, -0.25) is 4.79 Å². The van der Waals surface area contributed by atoms with Crippen molar-refractivity contribution in [2.45, 2.75) is 50.5 Å². The zero-order valence-electron chi connectivity index (χ0n) is 12.1. The van der Waals surface area contributed by atoms with Crippen molar-refractivity contribution < 1.29 is 13.2 Å². The molecule has 116 valence electrons. The summed E-state index contributed by atoms with van der Waals surface area (Å²) in [5.41, 5.74) is 0.649. The van der Waals surface area contributed by atoms with Crippen LogP contribution in [-0.2, 0) is 20.4 Å². The summed E-state index contributed by atoms with van der Waals surface area (Å²) in [6, 6.07) is 6.25. The van der Waals surface area contributed by atoms with Crippen molar-refractivity contribution in [3.05, 3.63) is 29.8 Å². The van der Waals surface area contributed by atoms with Crippen LogP contribution in [0.25, 0.3) is 0 Å². The van der Waals surface area contributed by atoms with Gasteiger partial charge in [-0.15, -0.1) is 0 Å². The van der Waals surface area contributed by atoms with E-state index in [1.807, 2.05) is 0 Å². The largest absolute Gasteiger partial charge is 0.352 e. The number of hydrogen-bond donors (Lipinski definition) is 1. The van der Waals surface area contributed by atoms with Gasteiger partial charge in [-0.05, 0) is 37.0 Å². The molecule has 1 N–H and O–H groups in total. The molecule has 1 aromatic rings. The molecule has 0 saturated heterocycles. The first-order valence-electron chi connectivity index (χ1n) is 7.19. The van der Waals surface area contributed by atoms with Crippen molar-refractivity contribution in [1.29, 1.82) is 0 Å². The third kappa shape index (κ3) is 3.77. The average molecular weight is 330 g/mol. The minimum absolute atomic E-state index is 0.0695. The fourth-order valence-corrected chi connectivity index (χ4v) is 3.70. The Labute approximate surface area is 130 Å². The SMILES string of the molecule is CCC1(C(=O)NCc2ccc(S(=O)(=O)Cl)cc2)CCCC1. The molecule has 0 heterocycles. The maximum atomic E-state index is 12.4. The molecular formula is C15H20ClNO3S. The van der Waals surface area contributed by atoms with Crippen LogP contribution in [0.5, 0.6) is 0 Å². The van der Waals surface area contributed by atoms with E-state index < -0.39 is 9.05 Å². The van der Waals surface area contributed by atoms with Gasteiger partial charge < -0.3 is 5.32 Å². The van der Waals surface area contributed by atoms with Gasteiger partial charge >= 0.3 is 0 Å². The van der Waals surface area contributed by atoms with Crippen LogP contribution in [-0.4, -0.2) is 14.3 Å². The van der Waals surface area contributed by atoms with Crippen LogP contribution < -0.4 is 5.32 Å². The summed E-state index contributed by atoms with van der Waals surface area (Å²) >= 11 is 0. The highest BCUT2D eigenvalue weighted by molar-refractivity contribution is 8.13. The topological polar surface area (TPSA) is 63.2 Å². The smallest absolute Gasteiger partial charge is 0.261 e. The molecule has 21 heavy (non-hydrogen) atoms. The minimum atomic E-state index is -3.69. The van der Waals surface area contributed by atoms with Crippen LogP contribution >= 0.6 is 10.7 Å². The number of rotatable bonds is 5. The molecule has 1 amide bonds. The summed E-state index contributed by atoms with van der Waals surface area (Å²) < 4.78 is 22.3. The highest BCUT2D eigenvalue weighted by Crippen LogP contribution is 2.41. The first-order valence-corrected chi connectivity index (χ1v) is 9.50. The van der Waals surface area contributed by atoms with E-state index in [1.54, 1.807) is 12.1 Å². The third-order valence-corrected chi connectivity index (χ3v) is 5.75. The Morgan fingerprint density at radius 1 is 1.24 bits per heavy atom. The van der Waals surface area contributed by atoms with E-state index in [-0.39, 0.29) is 16.2 Å². The molecule has 0 unspecified atom stereocenters. The third-order valence-electron chi connectivity index (χ3n) is 4.38. The van der Waals surface area contributed by atoms with E-state index in [0.29, 0.717) is 6.54 Å². The van der Waals surface area contributed by atoms with E-state index in [9.17, 15) is 13.2 Å². The molecule has 1 saturated carbocycles. The summed E-state index contributed by atoms with van der Waals surface area (Å²) in [7, 11) is 1.57. The lowest BCUT2D eigenvalue weighted by atomic mass is 9.82. The Balaban J connectivity index is 1.98. The van der Waals surface area contributed by atoms with Gasteiger partial charge in [0.1, 0.15) is 0 Å². The Bertz CT molecular complexity index is 604. The number of nitrogens with one attached hydrogen (secondary N) is 1. The second-order valence-electron chi connectivity index (χ2n) is 5.61. The van der Waals surface area contributed by atoms with Crippen molar-refractivity contribution >= 4 is 25.6 Å². The van der Waals surface area contributed by atoms with Gasteiger partial charge in [-0.25, -0.2) is 8.42 Å². The average Bonchev–Trinajstić information content (AvgIpc) is 2.94. The molecule has 0 spiro atoms. The van der Waals surface area contributed by atoms with E-state index in [2.05, 4.69) is 12.2 Å². The van der Waals surface area contributed by atoms with E-state index in [0.717, 1.165) is 37.7 Å². The van der Waals surface area contributed by atoms with Gasteiger partial charge in [-0.2, -0.15) is 0 Å². The molecule has 6 heteroatoms. The summed E-state index contributed by atoms with van der Waals surface area (Å²) in [4.78, 5) is 12.4. The Morgan fingerprint density at radius 3 is 2.29 bits per heavy atom. The van der Waals surface area contributed by atoms with Crippen molar-refractivity contribution in [1.82, 2.24) is 5.32 Å². The van der Waals surface area contributed by atoms with Crippen LogP contribution in [0, 0.1) is 5.41 Å². The second-order valence-corrected chi connectivity index (χ2v) is 8.17. The first kappa shape index (κ1) is 16.3. The van der Waals surface area contributed by atoms with Crippen molar-refractivity contribution in [2.24, 2.45) is 5.41 Å². The normalized spacial score (nSPS) is 17.6. The number of halogens is 1. The monoisotopic (exact) mass is 329 g/mol. The molecule has 0 radical (unpaired) electrons. The number of carbonyl (C=O) groups excluding carboxylic acids is 1. The number of carbonyl (C=O) groups is 1. The maximum Gasteiger partial charge on any atom is 0.261 e. The molecule has 2 rings (SSSR count). The highest BCUT2D eigenvalue weighted by Gasteiger charge is 2.38. The number of amides is 1. The van der Waals surface area contributed by atoms with E-state index >= 15 is 0 Å². The lowest BCUT2D eigenvalue weighted by Gasteiger charge is -2.26. The van der Waals surface area contributed by atoms with Gasteiger partial charge in [-0.1, -0.05) is 31.9 Å². The molecule has 1 aliphatic rings. The summed E-state index contributed by atoms with van der Waals surface area (Å²) in [6.45, 7) is 2.47. The molecule has 1 aromatic carbocycles. The van der Waals surface area contributed by atoms with Crippen LogP contribution in [0.2, 0.25) is 0 Å². The van der Waals surface area contributed by atoms with Crippen molar-refractivity contribution in [3.63, 3.8) is 0 Å². The standard InChI is InChI=1S/C15H20ClNO3S/c1-2-15(9-3-4-10-15)14(18)17-11-12-5-7-13(8-6-12)21(16,19)20/h5-8H,2-4,9-11H2,1H3,(H,17,18). The van der Waals surface area contributed by atoms with E-state index in [4.69, 9.17) is 10.7 Å². The Kier molecular flexibility index (Phi) is 4.94. The fraction of sp³-hybridized carbons (Fsp3) is 0.533. The van der Waals surface area contributed by atoms with Crippen LogP contribution in [0.1, 0.15) is 44.6 Å². The summed E-state index contributed by atoms with van der Waals surface area (Å²) in [5, 5.41) is 2.97. The van der Waals surface area contributed by atoms with Gasteiger partial charge in [0, 0.05) is 22.6 Å². The molecule has 4 nitrogen and oxygen atoms in total. The molecule has 0 atom stereocenters. The zero-order valence-corrected chi connectivity index (χ0v) is 13.6. The zero-order chi connectivity index (χ0) is 15.5. The lowest BCUT2D eigenvalue weighted by molar-refractivity contribution is -0.131. The van der Waals surface area contributed by atoms with Crippen LogP contribution in [0.3, 0.4) is 0 Å². The quantitative estimate of drug-likeness (QED) is 0.844. The van der Waals surface area contributed by atoms with Crippen molar-refractivity contribution in [2.75, 3.05) is 0 Å². The Hall–Kier alpha value is -1.07.